The molecule has 0 rings (SSSR count). The lowest BCUT2D eigenvalue weighted by molar-refractivity contribution is 0.133. The van der Waals surface area contributed by atoms with Crippen LogP contribution in [0.1, 0.15) is 105 Å². The number of unbranched alkanes of at least 4 members (excludes halogenated alkanes) is 2. The molecule has 0 spiro atoms. The quantitative estimate of drug-likeness (QED) is 0.355. The molecule has 0 aliphatic heterocycles. The number of rotatable bonds is 14. The molecule has 0 aliphatic rings. The second-order valence-corrected chi connectivity index (χ2v) is 7.15. The molecule has 0 aromatic rings. The van der Waals surface area contributed by atoms with Crippen LogP contribution in [0, 0.1) is 0 Å². The van der Waals surface area contributed by atoms with E-state index in [0.29, 0.717) is 0 Å². The maximum Gasteiger partial charge on any atom is 0.0540 e. The second-order valence-electron chi connectivity index (χ2n) is 7.15. The third-order valence-corrected chi connectivity index (χ3v) is 4.08. The summed E-state index contributed by atoms with van der Waals surface area (Å²) in [7, 11) is 0. The summed E-state index contributed by atoms with van der Waals surface area (Å²) < 4.78 is 0. The van der Waals surface area contributed by atoms with E-state index in [2.05, 4.69) is 13.8 Å². The molecule has 4 unspecified atom stereocenters. The minimum atomic E-state index is -0.219. The molecular weight excluding hydrogens is 304 g/mol. The molecule has 0 aromatic carbocycles. The van der Waals surface area contributed by atoms with Crippen LogP contribution in [0.3, 0.4) is 0 Å². The molecule has 24 heavy (non-hydrogen) atoms. The molecule has 0 amide bonds. The zero-order valence-corrected chi connectivity index (χ0v) is 16.6. The summed E-state index contributed by atoms with van der Waals surface area (Å²) in [6.07, 6.45) is 10.8. The Labute approximate surface area is 150 Å². The van der Waals surface area contributed by atoms with Crippen LogP contribution in [0.4, 0.5) is 0 Å². The first kappa shape index (κ1) is 26.1. The van der Waals surface area contributed by atoms with E-state index < -0.39 is 0 Å². The average molecular weight is 349 g/mol. The van der Waals surface area contributed by atoms with E-state index in [1.807, 2.05) is 6.92 Å². The maximum atomic E-state index is 9.41. The van der Waals surface area contributed by atoms with E-state index in [1.165, 1.54) is 0 Å². The third-order valence-electron chi connectivity index (χ3n) is 4.08. The van der Waals surface area contributed by atoms with Crippen LogP contribution in [0.2, 0.25) is 0 Å². The van der Waals surface area contributed by atoms with Crippen molar-refractivity contribution < 1.29 is 20.4 Å². The normalized spacial score (nSPS) is 16.0. The molecule has 4 heteroatoms. The van der Waals surface area contributed by atoms with E-state index in [4.69, 9.17) is 10.2 Å². The lowest BCUT2D eigenvalue weighted by Gasteiger charge is -2.09. The molecular formula is C20H44O4. The van der Waals surface area contributed by atoms with Gasteiger partial charge in [0.05, 0.1) is 24.4 Å². The minimum Gasteiger partial charge on any atom is -0.393 e. The zero-order valence-electron chi connectivity index (χ0n) is 16.6. The van der Waals surface area contributed by atoms with Crippen molar-refractivity contribution in [2.45, 2.75) is 129 Å². The fourth-order valence-electron chi connectivity index (χ4n) is 2.53. The number of aliphatic hydroxyl groups excluding tert-OH is 4. The average Bonchev–Trinajstić information content (AvgIpc) is 2.50. The molecule has 0 saturated heterocycles. The SMILES string of the molecule is CCCC(O)CCCCC(C)O.CCCCC(O)CCCC(C)O. The molecule has 4 N–H and O–H groups in total. The summed E-state index contributed by atoms with van der Waals surface area (Å²) in [5, 5.41) is 36.7. The fraction of sp³-hybridized carbons (Fsp3) is 1.00. The Morgan fingerprint density at radius 1 is 0.500 bits per heavy atom. The van der Waals surface area contributed by atoms with Crippen molar-refractivity contribution in [1.82, 2.24) is 0 Å². The van der Waals surface area contributed by atoms with E-state index in [0.717, 1.165) is 77.0 Å². The molecule has 0 fully saturated rings. The van der Waals surface area contributed by atoms with Gasteiger partial charge in [0.2, 0.25) is 0 Å². The monoisotopic (exact) mass is 348 g/mol. The molecule has 0 aliphatic carbocycles. The zero-order chi connectivity index (χ0) is 18.8. The van der Waals surface area contributed by atoms with Crippen LogP contribution in [0.5, 0.6) is 0 Å². The molecule has 4 atom stereocenters. The van der Waals surface area contributed by atoms with Gasteiger partial charge in [-0.2, -0.15) is 0 Å². The van der Waals surface area contributed by atoms with Gasteiger partial charge in [-0.1, -0.05) is 46.0 Å². The largest absolute Gasteiger partial charge is 0.393 e. The predicted molar refractivity (Wildman–Crippen MR) is 102 cm³/mol. The van der Waals surface area contributed by atoms with Crippen LogP contribution in [-0.2, 0) is 0 Å². The highest BCUT2D eigenvalue weighted by atomic mass is 16.3. The standard InChI is InChI=1S/2C10H22O2/c1-3-6-10(12)8-5-4-7-9(2)11;1-3-4-7-10(12)8-5-6-9(2)11/h2*9-12H,3-8H2,1-2H3. The van der Waals surface area contributed by atoms with Crippen molar-refractivity contribution >= 4 is 0 Å². The van der Waals surface area contributed by atoms with Crippen LogP contribution in [-0.4, -0.2) is 44.8 Å². The molecule has 0 bridgehead atoms. The van der Waals surface area contributed by atoms with Gasteiger partial charge < -0.3 is 20.4 Å². The van der Waals surface area contributed by atoms with Gasteiger partial charge in [-0.25, -0.2) is 0 Å². The summed E-state index contributed by atoms with van der Waals surface area (Å²) in [5.74, 6) is 0. The van der Waals surface area contributed by atoms with E-state index in [9.17, 15) is 10.2 Å². The summed E-state index contributed by atoms with van der Waals surface area (Å²) in [5.41, 5.74) is 0. The molecule has 0 aromatic heterocycles. The van der Waals surface area contributed by atoms with Crippen molar-refractivity contribution in [2.75, 3.05) is 0 Å². The molecule has 0 radical (unpaired) electrons. The molecule has 0 saturated carbocycles. The lowest BCUT2D eigenvalue weighted by atomic mass is 10.1. The topological polar surface area (TPSA) is 80.9 Å². The predicted octanol–water partition coefficient (Wildman–Crippen LogP) is 4.18. The van der Waals surface area contributed by atoms with Crippen molar-refractivity contribution in [1.29, 1.82) is 0 Å². The van der Waals surface area contributed by atoms with Gasteiger partial charge in [-0.3, -0.25) is 0 Å². The molecule has 0 heterocycles. The Bertz CT molecular complexity index is 232. The number of aliphatic hydroxyl groups is 4. The Balaban J connectivity index is 0. The number of hydrogen-bond donors (Lipinski definition) is 4. The summed E-state index contributed by atoms with van der Waals surface area (Å²) >= 11 is 0. The van der Waals surface area contributed by atoms with Crippen LogP contribution < -0.4 is 0 Å². The Hall–Kier alpha value is -0.160. The first-order valence-corrected chi connectivity index (χ1v) is 10.1. The summed E-state index contributed by atoms with van der Waals surface area (Å²) in [6.45, 7) is 7.81. The lowest BCUT2D eigenvalue weighted by Crippen LogP contribution is -2.08. The third kappa shape index (κ3) is 24.1. The van der Waals surface area contributed by atoms with Crippen LogP contribution in [0.25, 0.3) is 0 Å². The summed E-state index contributed by atoms with van der Waals surface area (Å²) in [6, 6.07) is 0. The van der Waals surface area contributed by atoms with Crippen molar-refractivity contribution in [3.63, 3.8) is 0 Å². The fourth-order valence-corrected chi connectivity index (χ4v) is 2.53. The number of hydrogen-bond acceptors (Lipinski definition) is 4. The smallest absolute Gasteiger partial charge is 0.0540 e. The highest BCUT2D eigenvalue weighted by molar-refractivity contribution is 4.57. The van der Waals surface area contributed by atoms with Gasteiger partial charge in [0.25, 0.3) is 0 Å². The molecule has 148 valence electrons. The first-order valence-electron chi connectivity index (χ1n) is 10.1. The van der Waals surface area contributed by atoms with Gasteiger partial charge in [-0.05, 0) is 58.8 Å². The van der Waals surface area contributed by atoms with Crippen LogP contribution >= 0.6 is 0 Å². The van der Waals surface area contributed by atoms with Gasteiger partial charge in [-0.15, -0.1) is 0 Å². The van der Waals surface area contributed by atoms with E-state index >= 15 is 0 Å². The van der Waals surface area contributed by atoms with Crippen molar-refractivity contribution in [2.24, 2.45) is 0 Å². The van der Waals surface area contributed by atoms with Crippen molar-refractivity contribution in [3.05, 3.63) is 0 Å². The Morgan fingerprint density at radius 3 is 1.42 bits per heavy atom. The van der Waals surface area contributed by atoms with Gasteiger partial charge in [0.15, 0.2) is 0 Å². The second kappa shape index (κ2) is 19.2. The van der Waals surface area contributed by atoms with E-state index in [-0.39, 0.29) is 24.4 Å². The Kier molecular flexibility index (Phi) is 20.8. The first-order chi connectivity index (χ1) is 11.3. The Morgan fingerprint density at radius 2 is 0.917 bits per heavy atom. The molecule has 4 nitrogen and oxygen atoms in total. The minimum absolute atomic E-state index is 0.121. The summed E-state index contributed by atoms with van der Waals surface area (Å²) in [4.78, 5) is 0. The maximum absolute atomic E-state index is 9.41. The highest BCUT2D eigenvalue weighted by Gasteiger charge is 2.04. The van der Waals surface area contributed by atoms with Gasteiger partial charge in [0.1, 0.15) is 0 Å². The van der Waals surface area contributed by atoms with Gasteiger partial charge >= 0.3 is 0 Å². The highest BCUT2D eigenvalue weighted by Crippen LogP contribution is 2.10. The van der Waals surface area contributed by atoms with Crippen LogP contribution in [0.15, 0.2) is 0 Å². The van der Waals surface area contributed by atoms with Gasteiger partial charge in [0, 0.05) is 0 Å². The van der Waals surface area contributed by atoms with E-state index in [1.54, 1.807) is 6.92 Å². The van der Waals surface area contributed by atoms with Crippen molar-refractivity contribution in [3.8, 4) is 0 Å².